The van der Waals surface area contributed by atoms with E-state index in [0.29, 0.717) is 23.6 Å². The predicted molar refractivity (Wildman–Crippen MR) is 76.0 cm³/mol. The van der Waals surface area contributed by atoms with Crippen LogP contribution in [0.1, 0.15) is 42.9 Å². The van der Waals surface area contributed by atoms with Gasteiger partial charge in [0.1, 0.15) is 11.5 Å². The maximum Gasteiger partial charge on any atom is 0.202 e. The highest BCUT2D eigenvalue weighted by Gasteiger charge is 2.23. The molecule has 0 aliphatic rings. The van der Waals surface area contributed by atoms with Gasteiger partial charge >= 0.3 is 0 Å². The number of nitrogens with zero attached hydrogens (tertiary/aromatic N) is 1. The van der Waals surface area contributed by atoms with E-state index in [1.807, 2.05) is 0 Å². The van der Waals surface area contributed by atoms with E-state index in [1.165, 1.54) is 13.2 Å². The highest BCUT2D eigenvalue weighted by atomic mass is 19.1. The molecule has 1 heterocycles. The summed E-state index contributed by atoms with van der Waals surface area (Å²) >= 11 is 0. The monoisotopic (exact) mass is 291 g/mol. The van der Waals surface area contributed by atoms with Gasteiger partial charge in [0.25, 0.3) is 0 Å². The first kappa shape index (κ1) is 15.2. The number of carbonyl (C=O) groups is 1. The third kappa shape index (κ3) is 3.48. The van der Waals surface area contributed by atoms with E-state index in [1.54, 1.807) is 32.2 Å². The summed E-state index contributed by atoms with van der Waals surface area (Å²) in [6.45, 7) is 3.58. The number of halogens is 1. The van der Waals surface area contributed by atoms with Gasteiger partial charge in [0, 0.05) is 12.8 Å². The van der Waals surface area contributed by atoms with Crippen molar-refractivity contribution in [3.05, 3.63) is 47.4 Å². The molecule has 0 N–H and O–H groups in total. The lowest BCUT2D eigenvalue weighted by atomic mass is 9.92. The highest BCUT2D eigenvalue weighted by molar-refractivity contribution is 5.79. The summed E-state index contributed by atoms with van der Waals surface area (Å²) in [6, 6.07) is 4.64. The molecule has 21 heavy (non-hydrogen) atoms. The van der Waals surface area contributed by atoms with Crippen molar-refractivity contribution in [2.45, 2.75) is 32.6 Å². The van der Waals surface area contributed by atoms with Gasteiger partial charge in [0.2, 0.25) is 5.89 Å². The van der Waals surface area contributed by atoms with Gasteiger partial charge in [-0.3, -0.25) is 4.79 Å². The van der Waals surface area contributed by atoms with Crippen LogP contribution in [0, 0.1) is 12.7 Å². The summed E-state index contributed by atoms with van der Waals surface area (Å²) in [5, 5.41) is 0. The zero-order valence-electron chi connectivity index (χ0n) is 12.4. The molecule has 1 aromatic carbocycles. The number of methoxy groups -OCH3 is 1. The Labute approximate surface area is 122 Å². The summed E-state index contributed by atoms with van der Waals surface area (Å²) in [4.78, 5) is 16.0. The molecule has 2 aromatic rings. The number of Topliss-reactive ketones (excluding diaryl/α,β-unsaturated/α-hetero) is 1. The molecule has 1 atom stereocenters. The predicted octanol–water partition coefficient (Wildman–Crippen LogP) is 3.63. The van der Waals surface area contributed by atoms with Crippen LogP contribution >= 0.6 is 0 Å². The third-order valence-electron chi connectivity index (χ3n) is 3.34. The van der Waals surface area contributed by atoms with Crippen molar-refractivity contribution in [2.24, 2.45) is 0 Å². The SMILES string of the molecule is CCC(=O)CC(c1ccc(OC)c(F)c1)c1ncc(C)o1. The number of carbonyl (C=O) groups excluding carboxylic acids is 1. The van der Waals surface area contributed by atoms with Gasteiger partial charge in [0.15, 0.2) is 11.6 Å². The summed E-state index contributed by atoms with van der Waals surface area (Å²) in [6.07, 6.45) is 2.26. The maximum absolute atomic E-state index is 13.9. The number of aryl methyl sites for hydroxylation is 1. The zero-order chi connectivity index (χ0) is 15.4. The van der Waals surface area contributed by atoms with Gasteiger partial charge in [-0.1, -0.05) is 13.0 Å². The standard InChI is InChI=1S/C16H18FNO3/c1-4-12(19)8-13(16-18-9-10(2)21-16)11-5-6-15(20-3)14(17)7-11/h5-7,9,13H,4,8H2,1-3H3. The van der Waals surface area contributed by atoms with Crippen molar-refractivity contribution < 1.29 is 18.3 Å². The largest absolute Gasteiger partial charge is 0.494 e. The molecule has 0 aliphatic heterocycles. The molecule has 0 radical (unpaired) electrons. The van der Waals surface area contributed by atoms with Crippen LogP contribution in [0.2, 0.25) is 0 Å². The first-order chi connectivity index (χ1) is 10.0. The Morgan fingerprint density at radius 3 is 2.76 bits per heavy atom. The third-order valence-corrected chi connectivity index (χ3v) is 3.34. The second-order valence-corrected chi connectivity index (χ2v) is 4.85. The molecule has 5 heteroatoms. The van der Waals surface area contributed by atoms with E-state index in [4.69, 9.17) is 9.15 Å². The molecule has 112 valence electrons. The molecule has 0 fully saturated rings. The quantitative estimate of drug-likeness (QED) is 0.815. The fourth-order valence-corrected chi connectivity index (χ4v) is 2.15. The maximum atomic E-state index is 13.9. The Morgan fingerprint density at radius 1 is 1.48 bits per heavy atom. The van der Waals surface area contributed by atoms with Gasteiger partial charge in [-0.15, -0.1) is 0 Å². The van der Waals surface area contributed by atoms with Crippen LogP contribution in [-0.4, -0.2) is 17.9 Å². The molecule has 0 saturated heterocycles. The van der Waals surface area contributed by atoms with Crippen molar-refractivity contribution in [3.8, 4) is 5.75 Å². The second-order valence-electron chi connectivity index (χ2n) is 4.85. The molecule has 0 bridgehead atoms. The van der Waals surface area contributed by atoms with Crippen molar-refractivity contribution in [1.82, 2.24) is 4.98 Å². The zero-order valence-corrected chi connectivity index (χ0v) is 12.4. The molecule has 0 spiro atoms. The van der Waals surface area contributed by atoms with E-state index in [0.717, 1.165) is 0 Å². The van der Waals surface area contributed by atoms with E-state index >= 15 is 0 Å². The first-order valence-corrected chi connectivity index (χ1v) is 6.82. The Balaban J connectivity index is 2.39. The minimum Gasteiger partial charge on any atom is -0.494 e. The van der Waals surface area contributed by atoms with E-state index in [9.17, 15) is 9.18 Å². The van der Waals surface area contributed by atoms with Crippen molar-refractivity contribution in [2.75, 3.05) is 7.11 Å². The average Bonchev–Trinajstić information content (AvgIpc) is 2.90. The highest BCUT2D eigenvalue weighted by Crippen LogP contribution is 2.31. The summed E-state index contributed by atoms with van der Waals surface area (Å²) in [5.74, 6) is 0.487. The number of aromatic nitrogens is 1. The summed E-state index contributed by atoms with van der Waals surface area (Å²) < 4.78 is 24.3. The minimum absolute atomic E-state index is 0.0760. The van der Waals surface area contributed by atoms with Crippen LogP contribution in [-0.2, 0) is 4.79 Å². The summed E-state index contributed by atoms with van der Waals surface area (Å²) in [7, 11) is 1.41. The second kappa shape index (κ2) is 6.52. The number of oxazole rings is 1. The van der Waals surface area contributed by atoms with Gasteiger partial charge in [-0.05, 0) is 24.6 Å². The number of benzene rings is 1. The Bertz CT molecular complexity index is 636. The van der Waals surface area contributed by atoms with Crippen LogP contribution in [0.3, 0.4) is 0 Å². The summed E-state index contributed by atoms with van der Waals surface area (Å²) in [5.41, 5.74) is 0.650. The Kier molecular flexibility index (Phi) is 4.73. The Morgan fingerprint density at radius 2 is 2.24 bits per heavy atom. The topological polar surface area (TPSA) is 52.3 Å². The number of ether oxygens (including phenoxy) is 1. The molecule has 4 nitrogen and oxygen atoms in total. The molecular formula is C16H18FNO3. The van der Waals surface area contributed by atoms with Crippen LogP contribution < -0.4 is 4.74 Å². The first-order valence-electron chi connectivity index (χ1n) is 6.82. The molecular weight excluding hydrogens is 273 g/mol. The molecule has 0 aliphatic carbocycles. The van der Waals surface area contributed by atoms with Crippen molar-refractivity contribution in [3.63, 3.8) is 0 Å². The van der Waals surface area contributed by atoms with Gasteiger partial charge in [-0.25, -0.2) is 9.37 Å². The van der Waals surface area contributed by atoms with Crippen LogP contribution in [0.4, 0.5) is 4.39 Å². The van der Waals surface area contributed by atoms with E-state index in [2.05, 4.69) is 4.98 Å². The van der Waals surface area contributed by atoms with Crippen molar-refractivity contribution >= 4 is 5.78 Å². The molecule has 0 amide bonds. The van der Waals surface area contributed by atoms with Gasteiger partial charge < -0.3 is 9.15 Å². The number of rotatable bonds is 6. The molecule has 1 aromatic heterocycles. The normalized spacial score (nSPS) is 12.2. The van der Waals surface area contributed by atoms with E-state index in [-0.39, 0.29) is 23.9 Å². The lowest BCUT2D eigenvalue weighted by Crippen LogP contribution is -2.09. The Hall–Kier alpha value is -2.17. The fraction of sp³-hybridized carbons (Fsp3) is 0.375. The minimum atomic E-state index is -0.466. The molecule has 2 rings (SSSR count). The lowest BCUT2D eigenvalue weighted by Gasteiger charge is -2.14. The lowest BCUT2D eigenvalue weighted by molar-refractivity contribution is -0.119. The molecule has 1 unspecified atom stereocenters. The van der Waals surface area contributed by atoms with E-state index < -0.39 is 5.82 Å². The van der Waals surface area contributed by atoms with Gasteiger partial charge in [0.05, 0.1) is 19.2 Å². The van der Waals surface area contributed by atoms with Crippen LogP contribution in [0.15, 0.2) is 28.8 Å². The molecule has 0 saturated carbocycles. The number of ketones is 1. The van der Waals surface area contributed by atoms with Crippen LogP contribution in [0.25, 0.3) is 0 Å². The number of hydrogen-bond acceptors (Lipinski definition) is 4. The smallest absolute Gasteiger partial charge is 0.202 e. The average molecular weight is 291 g/mol. The van der Waals surface area contributed by atoms with Crippen LogP contribution in [0.5, 0.6) is 5.75 Å². The fourth-order valence-electron chi connectivity index (χ4n) is 2.15. The van der Waals surface area contributed by atoms with Gasteiger partial charge in [-0.2, -0.15) is 0 Å². The number of hydrogen-bond donors (Lipinski definition) is 0. The van der Waals surface area contributed by atoms with Crippen molar-refractivity contribution in [1.29, 1.82) is 0 Å².